The van der Waals surface area contributed by atoms with E-state index in [1.165, 1.54) is 6.42 Å². The third kappa shape index (κ3) is 3.73. The maximum absolute atomic E-state index is 12.7. The molecule has 0 bridgehead atoms. The van der Waals surface area contributed by atoms with E-state index in [1.54, 1.807) is 0 Å². The van der Waals surface area contributed by atoms with Crippen LogP contribution in [-0.4, -0.2) is 23.4 Å². The van der Waals surface area contributed by atoms with Crippen LogP contribution < -0.4 is 4.74 Å². The smallest absolute Gasteiger partial charge is 0.254 e. The summed E-state index contributed by atoms with van der Waals surface area (Å²) < 4.78 is 5.78. The first kappa shape index (κ1) is 15.6. The van der Waals surface area contributed by atoms with Crippen LogP contribution in [-0.2, 0) is 0 Å². The Bertz CT molecular complexity index is 636. The highest BCUT2D eigenvalue weighted by molar-refractivity contribution is 5.94. The third-order valence-corrected chi connectivity index (χ3v) is 4.44. The zero-order valence-corrected chi connectivity index (χ0v) is 13.6. The molecule has 0 spiro atoms. The lowest BCUT2D eigenvalue weighted by Gasteiger charge is -2.35. The van der Waals surface area contributed by atoms with E-state index in [1.807, 2.05) is 59.5 Å². The monoisotopic (exact) mass is 309 g/mol. The van der Waals surface area contributed by atoms with Crippen LogP contribution in [0.5, 0.6) is 11.5 Å². The van der Waals surface area contributed by atoms with Crippen molar-refractivity contribution in [3.63, 3.8) is 0 Å². The van der Waals surface area contributed by atoms with Crippen LogP contribution in [0.25, 0.3) is 0 Å². The topological polar surface area (TPSA) is 29.5 Å². The van der Waals surface area contributed by atoms with Crippen LogP contribution in [0.3, 0.4) is 0 Å². The standard InChI is InChI=1S/C20H23NO2/c1-2-17-8-6-7-15-21(17)20(22)16-11-13-19(14-12-16)23-18-9-4-3-5-10-18/h3-5,9-14,17H,2,6-8,15H2,1H3. The van der Waals surface area contributed by atoms with Gasteiger partial charge < -0.3 is 9.64 Å². The van der Waals surface area contributed by atoms with E-state index < -0.39 is 0 Å². The number of nitrogens with zero attached hydrogens (tertiary/aromatic N) is 1. The molecule has 1 aliphatic heterocycles. The summed E-state index contributed by atoms with van der Waals surface area (Å²) in [5, 5.41) is 0. The predicted octanol–water partition coefficient (Wildman–Crippen LogP) is 4.88. The number of benzene rings is 2. The normalized spacial score (nSPS) is 17.8. The molecule has 0 aromatic heterocycles. The van der Waals surface area contributed by atoms with Crippen LogP contribution in [0, 0.1) is 0 Å². The van der Waals surface area contributed by atoms with Gasteiger partial charge in [-0.05, 0) is 62.1 Å². The van der Waals surface area contributed by atoms with Crippen molar-refractivity contribution in [1.82, 2.24) is 4.90 Å². The van der Waals surface area contributed by atoms with Gasteiger partial charge >= 0.3 is 0 Å². The number of rotatable bonds is 4. The molecule has 1 unspecified atom stereocenters. The minimum Gasteiger partial charge on any atom is -0.457 e. The summed E-state index contributed by atoms with van der Waals surface area (Å²) in [6, 6.07) is 17.5. The third-order valence-electron chi connectivity index (χ3n) is 4.44. The zero-order valence-electron chi connectivity index (χ0n) is 13.6. The van der Waals surface area contributed by atoms with Crippen molar-refractivity contribution < 1.29 is 9.53 Å². The first-order valence-corrected chi connectivity index (χ1v) is 8.42. The number of hydrogen-bond donors (Lipinski definition) is 0. The lowest BCUT2D eigenvalue weighted by Crippen LogP contribution is -2.43. The second-order valence-corrected chi connectivity index (χ2v) is 6.00. The van der Waals surface area contributed by atoms with Gasteiger partial charge in [-0.15, -0.1) is 0 Å². The quantitative estimate of drug-likeness (QED) is 0.805. The Balaban J connectivity index is 1.70. The molecule has 2 aromatic rings. The van der Waals surface area contributed by atoms with Gasteiger partial charge in [-0.2, -0.15) is 0 Å². The maximum Gasteiger partial charge on any atom is 0.254 e. The highest BCUT2D eigenvalue weighted by Crippen LogP contribution is 2.24. The molecular weight excluding hydrogens is 286 g/mol. The number of carbonyl (C=O) groups is 1. The van der Waals surface area contributed by atoms with Gasteiger partial charge in [0, 0.05) is 18.2 Å². The average Bonchev–Trinajstić information content (AvgIpc) is 2.62. The predicted molar refractivity (Wildman–Crippen MR) is 91.9 cm³/mol. The van der Waals surface area contributed by atoms with Gasteiger partial charge in [-0.3, -0.25) is 4.79 Å². The molecule has 1 saturated heterocycles. The van der Waals surface area contributed by atoms with Gasteiger partial charge in [0.2, 0.25) is 0 Å². The molecule has 23 heavy (non-hydrogen) atoms. The van der Waals surface area contributed by atoms with Crippen LogP contribution in [0.2, 0.25) is 0 Å². The molecule has 1 amide bonds. The Morgan fingerprint density at radius 2 is 1.74 bits per heavy atom. The van der Waals surface area contributed by atoms with Gasteiger partial charge in [-0.25, -0.2) is 0 Å². The van der Waals surface area contributed by atoms with E-state index >= 15 is 0 Å². The number of amides is 1. The average molecular weight is 309 g/mol. The molecule has 1 aliphatic rings. The second kappa shape index (κ2) is 7.32. The molecule has 0 aliphatic carbocycles. The SMILES string of the molecule is CCC1CCCCN1C(=O)c1ccc(Oc2ccccc2)cc1. The zero-order chi connectivity index (χ0) is 16.1. The number of carbonyl (C=O) groups excluding carboxylic acids is 1. The minimum absolute atomic E-state index is 0.141. The number of para-hydroxylation sites is 1. The Labute approximate surface area is 137 Å². The number of hydrogen-bond acceptors (Lipinski definition) is 2. The molecule has 0 saturated carbocycles. The largest absolute Gasteiger partial charge is 0.457 e. The Morgan fingerprint density at radius 3 is 2.43 bits per heavy atom. The van der Waals surface area contributed by atoms with Crippen molar-refractivity contribution in [2.24, 2.45) is 0 Å². The van der Waals surface area contributed by atoms with Crippen LogP contribution in [0.15, 0.2) is 54.6 Å². The van der Waals surface area contributed by atoms with E-state index in [-0.39, 0.29) is 5.91 Å². The molecule has 1 atom stereocenters. The highest BCUT2D eigenvalue weighted by Gasteiger charge is 2.25. The summed E-state index contributed by atoms with van der Waals surface area (Å²) in [6.07, 6.45) is 4.49. The number of ether oxygens (including phenoxy) is 1. The van der Waals surface area contributed by atoms with Gasteiger partial charge in [0.15, 0.2) is 0 Å². The van der Waals surface area contributed by atoms with E-state index in [9.17, 15) is 4.79 Å². The molecule has 2 aromatic carbocycles. The Hall–Kier alpha value is -2.29. The fourth-order valence-electron chi connectivity index (χ4n) is 3.15. The van der Waals surface area contributed by atoms with Crippen molar-refractivity contribution >= 4 is 5.91 Å². The first-order chi connectivity index (χ1) is 11.3. The van der Waals surface area contributed by atoms with Gasteiger partial charge in [0.25, 0.3) is 5.91 Å². The van der Waals surface area contributed by atoms with Crippen molar-refractivity contribution in [1.29, 1.82) is 0 Å². The second-order valence-electron chi connectivity index (χ2n) is 6.00. The molecule has 120 valence electrons. The molecule has 3 nitrogen and oxygen atoms in total. The molecule has 0 N–H and O–H groups in total. The van der Waals surface area contributed by atoms with Crippen molar-refractivity contribution in [3.05, 3.63) is 60.2 Å². The van der Waals surface area contributed by atoms with E-state index in [0.29, 0.717) is 6.04 Å². The van der Waals surface area contributed by atoms with Gasteiger partial charge in [0.1, 0.15) is 11.5 Å². The Kier molecular flexibility index (Phi) is 4.96. The minimum atomic E-state index is 0.141. The summed E-state index contributed by atoms with van der Waals surface area (Å²) in [4.78, 5) is 14.8. The highest BCUT2D eigenvalue weighted by atomic mass is 16.5. The van der Waals surface area contributed by atoms with Crippen LogP contribution in [0.1, 0.15) is 43.0 Å². The summed E-state index contributed by atoms with van der Waals surface area (Å²) >= 11 is 0. The van der Waals surface area contributed by atoms with Gasteiger partial charge in [-0.1, -0.05) is 25.1 Å². The summed E-state index contributed by atoms with van der Waals surface area (Å²) in [7, 11) is 0. The van der Waals surface area contributed by atoms with Crippen molar-refractivity contribution in [2.45, 2.75) is 38.6 Å². The molecule has 0 radical (unpaired) electrons. The van der Waals surface area contributed by atoms with Crippen molar-refractivity contribution in [3.8, 4) is 11.5 Å². The van der Waals surface area contributed by atoms with Gasteiger partial charge in [0.05, 0.1) is 0 Å². The van der Waals surface area contributed by atoms with E-state index in [2.05, 4.69) is 6.92 Å². The Morgan fingerprint density at radius 1 is 1.04 bits per heavy atom. The molecule has 1 fully saturated rings. The molecule has 3 rings (SSSR count). The summed E-state index contributed by atoms with van der Waals surface area (Å²) in [5.74, 6) is 1.69. The lowest BCUT2D eigenvalue weighted by molar-refractivity contribution is 0.0608. The summed E-state index contributed by atoms with van der Waals surface area (Å²) in [5.41, 5.74) is 0.741. The van der Waals surface area contributed by atoms with E-state index in [0.717, 1.165) is 42.9 Å². The van der Waals surface area contributed by atoms with E-state index in [4.69, 9.17) is 4.74 Å². The van der Waals surface area contributed by atoms with Crippen LogP contribution in [0.4, 0.5) is 0 Å². The first-order valence-electron chi connectivity index (χ1n) is 8.42. The molecule has 3 heteroatoms. The fraction of sp³-hybridized carbons (Fsp3) is 0.350. The van der Waals surface area contributed by atoms with Crippen LogP contribution >= 0.6 is 0 Å². The molecular formula is C20H23NO2. The maximum atomic E-state index is 12.7. The lowest BCUT2D eigenvalue weighted by atomic mass is 9.99. The fourth-order valence-corrected chi connectivity index (χ4v) is 3.15. The number of likely N-dealkylation sites (tertiary alicyclic amines) is 1. The molecule has 1 heterocycles. The van der Waals surface area contributed by atoms with Crippen molar-refractivity contribution in [2.75, 3.05) is 6.54 Å². The summed E-state index contributed by atoms with van der Waals surface area (Å²) in [6.45, 7) is 3.03. The number of piperidine rings is 1.